The SMILES string of the molecule is CC1CCC(C(=O)Nc2cnc3c(c2)CCC3)O1.COc1c(C)ccc(F)c1F. The Labute approximate surface area is 169 Å². The summed E-state index contributed by atoms with van der Waals surface area (Å²) < 4.78 is 35.5. The molecule has 2 unspecified atom stereocenters. The Hall–Kier alpha value is -2.54. The number of pyridine rings is 1. The number of nitrogens with one attached hydrogen (secondary N) is 1. The van der Waals surface area contributed by atoms with E-state index in [1.807, 2.05) is 13.0 Å². The van der Waals surface area contributed by atoms with Crippen molar-refractivity contribution in [2.75, 3.05) is 12.4 Å². The molecule has 29 heavy (non-hydrogen) atoms. The predicted molar refractivity (Wildman–Crippen MR) is 106 cm³/mol. The first-order chi connectivity index (χ1) is 13.9. The fourth-order valence-electron chi connectivity index (χ4n) is 3.59. The number of rotatable bonds is 3. The molecule has 1 aliphatic carbocycles. The monoisotopic (exact) mass is 404 g/mol. The summed E-state index contributed by atoms with van der Waals surface area (Å²) in [5.74, 6) is -1.87. The summed E-state index contributed by atoms with van der Waals surface area (Å²) in [5, 5.41) is 2.91. The van der Waals surface area contributed by atoms with E-state index >= 15 is 0 Å². The number of carbonyl (C=O) groups is 1. The second kappa shape index (κ2) is 9.31. The quantitative estimate of drug-likeness (QED) is 0.826. The zero-order chi connectivity index (χ0) is 21.0. The van der Waals surface area contributed by atoms with Crippen molar-refractivity contribution in [2.45, 2.75) is 58.2 Å². The average Bonchev–Trinajstić information content (AvgIpc) is 3.34. The van der Waals surface area contributed by atoms with Gasteiger partial charge < -0.3 is 14.8 Å². The summed E-state index contributed by atoms with van der Waals surface area (Å²) in [6.07, 6.45) is 6.72. The van der Waals surface area contributed by atoms with Crippen molar-refractivity contribution >= 4 is 11.6 Å². The minimum Gasteiger partial charge on any atom is -0.493 e. The van der Waals surface area contributed by atoms with Crippen molar-refractivity contribution in [1.29, 1.82) is 0 Å². The van der Waals surface area contributed by atoms with E-state index in [0.717, 1.165) is 37.4 Å². The van der Waals surface area contributed by atoms with Gasteiger partial charge in [0, 0.05) is 5.69 Å². The molecule has 1 aromatic heterocycles. The van der Waals surface area contributed by atoms with Crippen LogP contribution >= 0.6 is 0 Å². The van der Waals surface area contributed by atoms with Gasteiger partial charge in [-0.3, -0.25) is 9.78 Å². The number of methoxy groups -OCH3 is 1. The molecule has 0 spiro atoms. The molecule has 7 heteroatoms. The highest BCUT2D eigenvalue weighted by atomic mass is 19.2. The summed E-state index contributed by atoms with van der Waals surface area (Å²) >= 11 is 0. The number of fused-ring (bicyclic) bond motifs is 1. The van der Waals surface area contributed by atoms with E-state index in [1.54, 1.807) is 13.1 Å². The molecule has 1 fully saturated rings. The maximum Gasteiger partial charge on any atom is 0.253 e. The Morgan fingerprint density at radius 1 is 1.28 bits per heavy atom. The first-order valence-electron chi connectivity index (χ1n) is 9.81. The minimum absolute atomic E-state index is 0.0231. The van der Waals surface area contributed by atoms with E-state index in [2.05, 4.69) is 15.0 Å². The normalized spacial score (nSPS) is 19.9. The molecule has 1 aliphatic heterocycles. The lowest BCUT2D eigenvalue weighted by molar-refractivity contribution is -0.126. The van der Waals surface area contributed by atoms with Gasteiger partial charge in [-0.2, -0.15) is 4.39 Å². The van der Waals surface area contributed by atoms with Crippen LogP contribution in [0.4, 0.5) is 14.5 Å². The van der Waals surface area contributed by atoms with Gasteiger partial charge in [0.15, 0.2) is 11.6 Å². The summed E-state index contributed by atoms with van der Waals surface area (Å²) in [6, 6.07) is 4.59. The highest BCUT2D eigenvalue weighted by Gasteiger charge is 2.28. The van der Waals surface area contributed by atoms with E-state index in [4.69, 9.17) is 4.74 Å². The van der Waals surface area contributed by atoms with Crippen molar-refractivity contribution in [2.24, 2.45) is 0 Å². The Bertz CT molecular complexity index is 889. The molecule has 0 bridgehead atoms. The number of aromatic nitrogens is 1. The molecule has 2 aliphatic rings. The van der Waals surface area contributed by atoms with Crippen molar-refractivity contribution < 1.29 is 23.0 Å². The van der Waals surface area contributed by atoms with Crippen LogP contribution in [-0.4, -0.2) is 30.2 Å². The third-order valence-corrected chi connectivity index (χ3v) is 5.16. The standard InChI is InChI=1S/C14H18N2O2.C8H8F2O/c1-9-5-6-13(18-9)14(17)16-11-7-10-3-2-4-12(10)15-8-11;1-5-3-4-6(9)7(10)8(5)11-2/h7-9,13H,2-6H2,1H3,(H,16,17);3-4H,1-2H3. The molecule has 2 heterocycles. The third kappa shape index (κ3) is 5.09. The largest absolute Gasteiger partial charge is 0.493 e. The van der Waals surface area contributed by atoms with Crippen LogP contribution < -0.4 is 10.1 Å². The molecular formula is C22H26F2N2O3. The molecule has 2 atom stereocenters. The van der Waals surface area contributed by atoms with Crippen LogP contribution in [0.15, 0.2) is 24.4 Å². The first kappa shape index (κ1) is 21.2. The fourth-order valence-corrected chi connectivity index (χ4v) is 3.59. The Balaban J connectivity index is 0.000000188. The van der Waals surface area contributed by atoms with Gasteiger partial charge in [-0.1, -0.05) is 6.07 Å². The van der Waals surface area contributed by atoms with Crippen LogP contribution in [0.3, 0.4) is 0 Å². The molecule has 0 radical (unpaired) electrons. The molecular weight excluding hydrogens is 378 g/mol. The topological polar surface area (TPSA) is 60.5 Å². The van der Waals surface area contributed by atoms with Crippen LogP contribution in [-0.2, 0) is 22.4 Å². The smallest absolute Gasteiger partial charge is 0.253 e. The number of ether oxygens (including phenoxy) is 2. The number of nitrogens with zero attached hydrogens (tertiary/aromatic N) is 1. The lowest BCUT2D eigenvalue weighted by Crippen LogP contribution is -2.27. The van der Waals surface area contributed by atoms with Crippen LogP contribution in [0.2, 0.25) is 0 Å². The second-order valence-electron chi connectivity index (χ2n) is 7.40. The Morgan fingerprint density at radius 2 is 2.07 bits per heavy atom. The predicted octanol–water partition coefficient (Wildman–Crippen LogP) is 4.36. The minimum atomic E-state index is -0.924. The molecule has 1 amide bonds. The molecule has 0 saturated carbocycles. The number of amides is 1. The van der Waals surface area contributed by atoms with Crippen LogP contribution in [0.1, 0.15) is 43.0 Å². The highest BCUT2D eigenvalue weighted by Crippen LogP contribution is 2.25. The number of hydrogen-bond donors (Lipinski definition) is 1. The first-order valence-corrected chi connectivity index (χ1v) is 9.81. The van der Waals surface area contributed by atoms with Gasteiger partial charge in [-0.05, 0) is 69.2 Å². The van der Waals surface area contributed by atoms with Crippen molar-refractivity contribution in [1.82, 2.24) is 4.98 Å². The van der Waals surface area contributed by atoms with Crippen molar-refractivity contribution in [3.8, 4) is 5.75 Å². The number of aryl methyl sites for hydroxylation is 3. The number of carbonyl (C=O) groups excluding carboxylic acids is 1. The Kier molecular flexibility index (Phi) is 6.79. The van der Waals surface area contributed by atoms with E-state index in [-0.39, 0.29) is 23.9 Å². The van der Waals surface area contributed by atoms with Crippen LogP contribution in [0, 0.1) is 18.6 Å². The maximum absolute atomic E-state index is 12.8. The zero-order valence-electron chi connectivity index (χ0n) is 16.9. The number of benzene rings is 1. The summed E-state index contributed by atoms with van der Waals surface area (Å²) in [5.41, 5.74) is 3.84. The maximum atomic E-state index is 12.8. The fraction of sp³-hybridized carbons (Fsp3) is 0.455. The van der Waals surface area contributed by atoms with E-state index in [0.29, 0.717) is 5.56 Å². The summed E-state index contributed by atoms with van der Waals surface area (Å²) in [7, 11) is 1.31. The molecule has 4 rings (SSSR count). The number of anilines is 1. The third-order valence-electron chi connectivity index (χ3n) is 5.16. The van der Waals surface area contributed by atoms with Gasteiger partial charge in [-0.15, -0.1) is 0 Å². The van der Waals surface area contributed by atoms with Gasteiger partial charge in [0.2, 0.25) is 5.82 Å². The lowest BCUT2D eigenvalue weighted by Gasteiger charge is -2.12. The van der Waals surface area contributed by atoms with Gasteiger partial charge in [-0.25, -0.2) is 4.39 Å². The van der Waals surface area contributed by atoms with Gasteiger partial charge >= 0.3 is 0 Å². The van der Waals surface area contributed by atoms with E-state index in [1.165, 1.54) is 30.9 Å². The van der Waals surface area contributed by atoms with Crippen LogP contribution in [0.25, 0.3) is 0 Å². The molecule has 5 nitrogen and oxygen atoms in total. The molecule has 1 aromatic carbocycles. The average molecular weight is 404 g/mol. The number of halogens is 2. The lowest BCUT2D eigenvalue weighted by atomic mass is 10.2. The van der Waals surface area contributed by atoms with E-state index < -0.39 is 11.6 Å². The summed E-state index contributed by atoms with van der Waals surface area (Å²) in [6.45, 7) is 3.66. The van der Waals surface area contributed by atoms with Gasteiger partial charge in [0.1, 0.15) is 6.10 Å². The van der Waals surface area contributed by atoms with Gasteiger partial charge in [0.05, 0.1) is 25.1 Å². The summed E-state index contributed by atoms with van der Waals surface area (Å²) in [4.78, 5) is 16.4. The Morgan fingerprint density at radius 3 is 2.72 bits per heavy atom. The molecule has 1 saturated heterocycles. The molecule has 1 N–H and O–H groups in total. The van der Waals surface area contributed by atoms with Crippen LogP contribution in [0.5, 0.6) is 5.75 Å². The zero-order valence-corrected chi connectivity index (χ0v) is 16.9. The van der Waals surface area contributed by atoms with Gasteiger partial charge in [0.25, 0.3) is 5.91 Å². The number of hydrogen-bond acceptors (Lipinski definition) is 4. The van der Waals surface area contributed by atoms with Crippen molar-refractivity contribution in [3.63, 3.8) is 0 Å². The van der Waals surface area contributed by atoms with E-state index in [9.17, 15) is 13.6 Å². The second-order valence-corrected chi connectivity index (χ2v) is 7.40. The highest BCUT2D eigenvalue weighted by molar-refractivity contribution is 5.94. The molecule has 156 valence electrons. The molecule has 2 aromatic rings. The van der Waals surface area contributed by atoms with Crippen molar-refractivity contribution in [3.05, 3.63) is 52.9 Å².